The highest BCUT2D eigenvalue weighted by atomic mass is 32.1. The predicted molar refractivity (Wildman–Crippen MR) is 138 cm³/mol. The van der Waals surface area contributed by atoms with Gasteiger partial charge in [-0.05, 0) is 42.5 Å². The van der Waals surface area contributed by atoms with Gasteiger partial charge in [0.25, 0.3) is 5.19 Å². The van der Waals surface area contributed by atoms with E-state index in [0.29, 0.717) is 34.6 Å². The molecule has 2 aromatic carbocycles. The molecule has 3 aromatic heterocycles. The van der Waals surface area contributed by atoms with Gasteiger partial charge in [-0.1, -0.05) is 6.07 Å². The third kappa shape index (κ3) is 4.33. The molecule has 0 aliphatic carbocycles. The molecule has 0 N–H and O–H groups in total. The van der Waals surface area contributed by atoms with E-state index in [1.165, 1.54) is 11.3 Å². The second-order valence-corrected chi connectivity index (χ2v) is 9.57. The normalized spacial score (nSPS) is 16.1. The number of morpholine rings is 1. The first-order chi connectivity index (χ1) is 17.6. The Balaban J connectivity index is 1.27. The van der Waals surface area contributed by atoms with Gasteiger partial charge in [0.2, 0.25) is 4.96 Å². The molecule has 1 atom stereocenters. The first-order valence-electron chi connectivity index (χ1n) is 11.7. The number of ether oxygens (including phenoxy) is 4. The molecule has 0 bridgehead atoms. The molecule has 1 fully saturated rings. The number of nitrogens with zero attached hydrogens (tertiary/aromatic N) is 4. The quantitative estimate of drug-likeness (QED) is 0.304. The van der Waals surface area contributed by atoms with E-state index < -0.39 is 0 Å². The first kappa shape index (κ1) is 22.7. The summed E-state index contributed by atoms with van der Waals surface area (Å²) in [5, 5.41) is 5.85. The summed E-state index contributed by atoms with van der Waals surface area (Å²) >= 11 is 1.37. The molecule has 1 aliphatic heterocycles. The third-order valence-corrected chi connectivity index (χ3v) is 7.09. The van der Waals surface area contributed by atoms with E-state index in [4.69, 9.17) is 23.4 Å². The number of rotatable bonds is 7. The molecule has 10 heteroatoms. The summed E-state index contributed by atoms with van der Waals surface area (Å²) < 4.78 is 30.5. The minimum atomic E-state index is 0.215. The van der Waals surface area contributed by atoms with Gasteiger partial charge in [0.1, 0.15) is 29.4 Å². The Kier molecular flexibility index (Phi) is 5.90. The van der Waals surface area contributed by atoms with Gasteiger partial charge < -0.3 is 28.3 Å². The fourth-order valence-electron chi connectivity index (χ4n) is 4.41. The van der Waals surface area contributed by atoms with Crippen molar-refractivity contribution in [2.45, 2.75) is 19.6 Å². The van der Waals surface area contributed by atoms with E-state index in [-0.39, 0.29) is 6.10 Å². The van der Waals surface area contributed by atoms with Crippen molar-refractivity contribution in [3.8, 4) is 28.1 Å². The van der Waals surface area contributed by atoms with Crippen LogP contribution in [0.25, 0.3) is 27.4 Å². The van der Waals surface area contributed by atoms with Crippen LogP contribution in [0.15, 0.2) is 53.1 Å². The third-order valence-electron chi connectivity index (χ3n) is 6.20. The van der Waals surface area contributed by atoms with Crippen LogP contribution in [0.4, 0.5) is 5.69 Å². The van der Waals surface area contributed by atoms with Crippen LogP contribution in [0.3, 0.4) is 0 Å². The van der Waals surface area contributed by atoms with Crippen molar-refractivity contribution in [3.05, 3.63) is 54.2 Å². The van der Waals surface area contributed by atoms with Crippen LogP contribution in [-0.4, -0.2) is 54.6 Å². The van der Waals surface area contributed by atoms with E-state index in [2.05, 4.69) is 34.0 Å². The summed E-state index contributed by atoms with van der Waals surface area (Å²) in [6.45, 7) is 4.93. The van der Waals surface area contributed by atoms with Crippen molar-refractivity contribution >= 4 is 33.0 Å². The lowest BCUT2D eigenvalue weighted by atomic mass is 10.1. The lowest BCUT2D eigenvalue weighted by Gasteiger charge is -2.33. The molecule has 36 heavy (non-hydrogen) atoms. The largest absolute Gasteiger partial charge is 0.497 e. The zero-order valence-corrected chi connectivity index (χ0v) is 21.1. The van der Waals surface area contributed by atoms with Crippen LogP contribution >= 0.6 is 11.3 Å². The second kappa shape index (κ2) is 9.36. The van der Waals surface area contributed by atoms with Crippen LogP contribution in [0.1, 0.15) is 12.5 Å². The van der Waals surface area contributed by atoms with Crippen molar-refractivity contribution in [1.29, 1.82) is 0 Å². The maximum atomic E-state index is 6.24. The van der Waals surface area contributed by atoms with E-state index >= 15 is 0 Å². The highest BCUT2D eigenvalue weighted by Crippen LogP contribution is 2.34. The summed E-state index contributed by atoms with van der Waals surface area (Å²) in [4.78, 5) is 7.70. The van der Waals surface area contributed by atoms with Crippen LogP contribution in [0.5, 0.6) is 16.7 Å². The van der Waals surface area contributed by atoms with Crippen LogP contribution in [-0.2, 0) is 11.3 Å². The molecule has 0 saturated carbocycles. The number of aromatic nitrogens is 3. The lowest BCUT2D eigenvalue weighted by Crippen LogP contribution is -2.41. The molecule has 186 valence electrons. The molecular formula is C26H26N4O5S. The van der Waals surface area contributed by atoms with Crippen molar-refractivity contribution < 1.29 is 23.4 Å². The van der Waals surface area contributed by atoms with E-state index in [0.717, 1.165) is 47.0 Å². The van der Waals surface area contributed by atoms with Crippen LogP contribution in [0.2, 0.25) is 0 Å². The molecule has 0 amide bonds. The smallest absolute Gasteiger partial charge is 0.294 e. The molecule has 5 aromatic rings. The number of benzene rings is 2. The molecule has 6 rings (SSSR count). The highest BCUT2D eigenvalue weighted by Gasteiger charge is 2.19. The first-order valence-corrected chi connectivity index (χ1v) is 12.5. The molecule has 0 radical (unpaired) electrons. The highest BCUT2D eigenvalue weighted by molar-refractivity contribution is 7.18. The Morgan fingerprint density at radius 2 is 2.03 bits per heavy atom. The lowest BCUT2D eigenvalue weighted by molar-refractivity contribution is 0.0532. The summed E-state index contributed by atoms with van der Waals surface area (Å²) in [7, 11) is 3.24. The van der Waals surface area contributed by atoms with E-state index in [1.807, 2.05) is 36.5 Å². The predicted octanol–water partition coefficient (Wildman–Crippen LogP) is 5.03. The summed E-state index contributed by atoms with van der Waals surface area (Å²) in [6.07, 6.45) is 2.05. The Morgan fingerprint density at radius 3 is 2.83 bits per heavy atom. The van der Waals surface area contributed by atoms with Gasteiger partial charge in [0.05, 0.1) is 33.1 Å². The van der Waals surface area contributed by atoms with Gasteiger partial charge in [-0.25, -0.2) is 9.50 Å². The minimum Gasteiger partial charge on any atom is -0.497 e. The van der Waals surface area contributed by atoms with Gasteiger partial charge in [-0.15, -0.1) is 5.10 Å². The zero-order chi connectivity index (χ0) is 24.6. The molecule has 1 aliphatic rings. The average molecular weight is 507 g/mol. The van der Waals surface area contributed by atoms with Crippen LogP contribution < -0.4 is 19.1 Å². The SMILES string of the molecule is COc1cc(COc2cccc(N3CCO[C@@H](C)C3)c2)c2cc(-c3cn4nc(OC)sc4n3)oc2c1. The van der Waals surface area contributed by atoms with Gasteiger partial charge >= 0.3 is 0 Å². The molecule has 4 heterocycles. The number of hydrogen-bond donors (Lipinski definition) is 0. The number of imidazole rings is 1. The molecule has 9 nitrogen and oxygen atoms in total. The van der Waals surface area contributed by atoms with Gasteiger partial charge in [-0.2, -0.15) is 0 Å². The number of hydrogen-bond acceptors (Lipinski definition) is 9. The van der Waals surface area contributed by atoms with Crippen molar-refractivity contribution in [1.82, 2.24) is 14.6 Å². The number of fused-ring (bicyclic) bond motifs is 2. The minimum absolute atomic E-state index is 0.215. The monoisotopic (exact) mass is 506 g/mol. The number of anilines is 1. The fourth-order valence-corrected chi connectivity index (χ4v) is 5.11. The Bertz CT molecular complexity index is 1490. The maximum Gasteiger partial charge on any atom is 0.294 e. The van der Waals surface area contributed by atoms with E-state index in [1.54, 1.807) is 18.7 Å². The van der Waals surface area contributed by atoms with Crippen molar-refractivity contribution in [3.63, 3.8) is 0 Å². The molecule has 1 saturated heterocycles. The Labute approximate surface area is 211 Å². The molecule has 0 unspecified atom stereocenters. The molecular weight excluding hydrogens is 480 g/mol. The van der Waals surface area contributed by atoms with Gasteiger partial charge in [0.15, 0.2) is 5.76 Å². The van der Waals surface area contributed by atoms with Gasteiger partial charge in [-0.3, -0.25) is 0 Å². The zero-order valence-electron chi connectivity index (χ0n) is 20.3. The topological polar surface area (TPSA) is 83.5 Å². The Morgan fingerprint density at radius 1 is 1.11 bits per heavy atom. The van der Waals surface area contributed by atoms with Crippen LogP contribution in [0, 0.1) is 0 Å². The number of methoxy groups -OCH3 is 2. The Hall–Kier alpha value is -3.76. The summed E-state index contributed by atoms with van der Waals surface area (Å²) in [5.41, 5.74) is 3.51. The van der Waals surface area contributed by atoms with Crippen molar-refractivity contribution in [2.24, 2.45) is 0 Å². The van der Waals surface area contributed by atoms with Crippen molar-refractivity contribution in [2.75, 3.05) is 38.8 Å². The summed E-state index contributed by atoms with van der Waals surface area (Å²) in [5.74, 6) is 2.16. The molecule has 0 spiro atoms. The summed E-state index contributed by atoms with van der Waals surface area (Å²) in [6, 6.07) is 14.0. The standard InChI is InChI=1S/C26H26N4O5S/c1-16-13-29(7-8-33-16)18-5-4-6-19(10-18)34-15-17-9-20(31-2)11-23-21(17)12-24(35-23)22-14-30-25(27-22)36-26(28-30)32-3/h4-6,9-12,14,16H,7-8,13,15H2,1-3H3/t16-/m0/s1. The maximum absolute atomic E-state index is 6.24. The second-order valence-electron chi connectivity index (χ2n) is 8.65. The van der Waals surface area contributed by atoms with E-state index in [9.17, 15) is 0 Å². The fraction of sp³-hybridized carbons (Fsp3) is 0.308. The average Bonchev–Trinajstić information content (AvgIpc) is 3.60. The number of furan rings is 1. The van der Waals surface area contributed by atoms with Gasteiger partial charge in [0, 0.05) is 41.9 Å².